The van der Waals surface area contributed by atoms with Gasteiger partial charge < -0.3 is 0 Å². The molecule has 0 bridgehead atoms. The summed E-state index contributed by atoms with van der Waals surface area (Å²) in [5.74, 6) is -0.515. The average Bonchev–Trinajstić information content (AvgIpc) is 1.78. The van der Waals surface area contributed by atoms with Gasteiger partial charge in [0.1, 0.15) is 0 Å². The zero-order valence-corrected chi connectivity index (χ0v) is 7.17. The fourth-order valence-corrected chi connectivity index (χ4v) is 1.75. The van der Waals surface area contributed by atoms with E-state index in [9.17, 15) is 13.2 Å². The van der Waals surface area contributed by atoms with E-state index < -0.39 is 12.1 Å². The topological polar surface area (TPSA) is 0 Å². The molecular weight excluding hydrogens is 173 g/mol. The van der Waals surface area contributed by atoms with Gasteiger partial charge in [-0.1, -0.05) is 6.92 Å². The van der Waals surface area contributed by atoms with Gasteiger partial charge in [0.25, 0.3) is 0 Å². The van der Waals surface area contributed by atoms with Gasteiger partial charge in [-0.05, 0) is 24.0 Å². The first kappa shape index (κ1) is 9.23. The average molecular weight is 184 g/mol. The fraction of sp³-hybridized carbons (Fsp3) is 1.00. The predicted octanol–water partition coefficient (Wildman–Crippen LogP) is 2.89. The molecule has 0 unspecified atom stereocenters. The second-order valence-electron chi connectivity index (χ2n) is 3.62. The molecule has 0 heterocycles. The Bertz CT molecular complexity index is 146. The largest absolute Gasteiger partial charge is 0.391 e. The van der Waals surface area contributed by atoms with E-state index in [-0.39, 0.29) is 18.3 Å². The van der Waals surface area contributed by atoms with Gasteiger partial charge in [-0.3, -0.25) is 0 Å². The number of halogens is 3. The molecule has 0 saturated heterocycles. The molecule has 1 aliphatic carbocycles. The van der Waals surface area contributed by atoms with E-state index in [4.69, 9.17) is 0 Å². The number of thiol groups is 1. The van der Waals surface area contributed by atoms with E-state index in [1.165, 1.54) is 0 Å². The molecule has 1 fully saturated rings. The smallest absolute Gasteiger partial charge is 0.179 e. The zero-order chi connectivity index (χ0) is 8.70. The van der Waals surface area contributed by atoms with Crippen LogP contribution in [0.2, 0.25) is 0 Å². The molecule has 0 nitrogen and oxygen atoms in total. The molecule has 0 atom stereocenters. The summed E-state index contributed by atoms with van der Waals surface area (Å²) >= 11 is 4.00. The quantitative estimate of drug-likeness (QED) is 0.595. The van der Waals surface area contributed by atoms with E-state index >= 15 is 0 Å². The van der Waals surface area contributed by atoms with Crippen molar-refractivity contribution in [2.45, 2.75) is 25.9 Å². The molecule has 0 aromatic heterocycles. The monoisotopic (exact) mass is 184 g/mol. The number of rotatable bonds is 1. The molecule has 0 spiro atoms. The van der Waals surface area contributed by atoms with Crippen molar-refractivity contribution in [2.75, 3.05) is 5.75 Å². The molecule has 0 aliphatic heterocycles. The van der Waals surface area contributed by atoms with Crippen LogP contribution in [0.15, 0.2) is 0 Å². The van der Waals surface area contributed by atoms with Crippen LogP contribution < -0.4 is 0 Å². The van der Waals surface area contributed by atoms with Gasteiger partial charge in [-0.15, -0.1) is 0 Å². The lowest BCUT2D eigenvalue weighted by molar-refractivity contribution is -0.215. The van der Waals surface area contributed by atoms with Crippen LogP contribution in [0, 0.1) is 11.3 Å². The Kier molecular flexibility index (Phi) is 2.16. The highest BCUT2D eigenvalue weighted by atomic mass is 32.1. The maximum atomic E-state index is 12.0. The maximum absolute atomic E-state index is 12.0. The third-order valence-corrected chi connectivity index (χ3v) is 3.09. The van der Waals surface area contributed by atoms with Crippen LogP contribution >= 0.6 is 12.6 Å². The first-order chi connectivity index (χ1) is 4.87. The maximum Gasteiger partial charge on any atom is 0.391 e. The Labute approximate surface area is 69.6 Å². The molecule has 0 amide bonds. The summed E-state index contributed by atoms with van der Waals surface area (Å²) in [5, 5.41) is 0. The van der Waals surface area contributed by atoms with Crippen LogP contribution in [-0.4, -0.2) is 11.9 Å². The molecular formula is C7H11F3S. The summed E-state index contributed by atoms with van der Waals surface area (Å²) in [7, 11) is 0. The lowest BCUT2D eigenvalue weighted by Gasteiger charge is -2.45. The molecule has 0 radical (unpaired) electrons. The second kappa shape index (κ2) is 2.57. The molecule has 1 rings (SSSR count). The second-order valence-corrected chi connectivity index (χ2v) is 3.93. The van der Waals surface area contributed by atoms with Crippen LogP contribution in [0.5, 0.6) is 0 Å². The highest BCUT2D eigenvalue weighted by Gasteiger charge is 2.52. The first-order valence-corrected chi connectivity index (χ1v) is 4.18. The van der Waals surface area contributed by atoms with Gasteiger partial charge >= 0.3 is 6.18 Å². The van der Waals surface area contributed by atoms with E-state index in [1.807, 2.05) is 6.92 Å². The summed E-state index contributed by atoms with van der Waals surface area (Å²) in [5.41, 5.74) is -0.163. The van der Waals surface area contributed by atoms with Crippen molar-refractivity contribution in [2.24, 2.45) is 11.3 Å². The predicted molar refractivity (Wildman–Crippen MR) is 40.7 cm³/mol. The van der Waals surface area contributed by atoms with Gasteiger partial charge in [0.15, 0.2) is 0 Å². The van der Waals surface area contributed by atoms with Crippen LogP contribution in [0.1, 0.15) is 19.8 Å². The molecule has 0 aromatic rings. The van der Waals surface area contributed by atoms with E-state index in [0.717, 1.165) is 0 Å². The van der Waals surface area contributed by atoms with Crippen LogP contribution in [-0.2, 0) is 0 Å². The minimum absolute atomic E-state index is 0.163. The van der Waals surface area contributed by atoms with Gasteiger partial charge in [0, 0.05) is 0 Å². The summed E-state index contributed by atoms with van der Waals surface area (Å²) < 4.78 is 35.9. The van der Waals surface area contributed by atoms with Crippen LogP contribution in [0.3, 0.4) is 0 Å². The standard InChI is InChI=1S/C7H11F3S/c1-6(4-11)2-5(3-6)7(8,9)10/h5,11H,2-4H2,1H3. The Morgan fingerprint density at radius 3 is 2.18 bits per heavy atom. The molecule has 1 aliphatic rings. The van der Waals surface area contributed by atoms with Gasteiger partial charge in [-0.2, -0.15) is 25.8 Å². The van der Waals surface area contributed by atoms with E-state index in [2.05, 4.69) is 12.6 Å². The summed E-state index contributed by atoms with van der Waals surface area (Å²) in [6, 6.07) is 0. The van der Waals surface area contributed by atoms with E-state index in [1.54, 1.807) is 0 Å². The van der Waals surface area contributed by atoms with Crippen molar-refractivity contribution in [3.05, 3.63) is 0 Å². The third-order valence-electron chi connectivity index (χ3n) is 2.32. The van der Waals surface area contributed by atoms with Gasteiger partial charge in [0.05, 0.1) is 5.92 Å². The van der Waals surface area contributed by atoms with Crippen LogP contribution in [0.25, 0.3) is 0 Å². The van der Waals surface area contributed by atoms with Crippen molar-refractivity contribution < 1.29 is 13.2 Å². The third kappa shape index (κ3) is 1.83. The van der Waals surface area contributed by atoms with Crippen molar-refractivity contribution in [1.82, 2.24) is 0 Å². The zero-order valence-electron chi connectivity index (χ0n) is 6.28. The Hall–Kier alpha value is 0.140. The Morgan fingerprint density at radius 1 is 1.45 bits per heavy atom. The Morgan fingerprint density at radius 2 is 1.91 bits per heavy atom. The highest BCUT2D eigenvalue weighted by Crippen LogP contribution is 2.52. The summed E-state index contributed by atoms with van der Waals surface area (Å²) in [6.07, 6.45) is -3.48. The SMILES string of the molecule is CC1(CS)CC(C(F)(F)F)C1. The van der Waals surface area contributed by atoms with Crippen molar-refractivity contribution in [3.8, 4) is 0 Å². The molecule has 11 heavy (non-hydrogen) atoms. The number of hydrogen-bond donors (Lipinski definition) is 1. The molecule has 0 aromatic carbocycles. The normalized spacial score (nSPS) is 38.5. The van der Waals surface area contributed by atoms with Crippen LogP contribution in [0.4, 0.5) is 13.2 Å². The first-order valence-electron chi connectivity index (χ1n) is 3.55. The van der Waals surface area contributed by atoms with Gasteiger partial charge in [0.2, 0.25) is 0 Å². The molecule has 4 heteroatoms. The van der Waals surface area contributed by atoms with Crippen molar-refractivity contribution in [1.29, 1.82) is 0 Å². The minimum atomic E-state index is -3.98. The summed E-state index contributed by atoms with van der Waals surface area (Å²) in [4.78, 5) is 0. The molecule has 66 valence electrons. The lowest BCUT2D eigenvalue weighted by atomic mass is 9.64. The highest BCUT2D eigenvalue weighted by molar-refractivity contribution is 7.80. The van der Waals surface area contributed by atoms with Gasteiger partial charge in [-0.25, -0.2) is 0 Å². The number of hydrogen-bond acceptors (Lipinski definition) is 1. The fourth-order valence-electron chi connectivity index (χ4n) is 1.49. The lowest BCUT2D eigenvalue weighted by Crippen LogP contribution is -2.43. The summed E-state index contributed by atoms with van der Waals surface area (Å²) in [6.45, 7) is 1.85. The van der Waals surface area contributed by atoms with E-state index in [0.29, 0.717) is 5.75 Å². The van der Waals surface area contributed by atoms with Crippen molar-refractivity contribution in [3.63, 3.8) is 0 Å². The molecule has 0 N–H and O–H groups in total. The number of alkyl halides is 3. The Balaban J connectivity index is 2.40. The molecule has 1 saturated carbocycles. The van der Waals surface area contributed by atoms with Crippen molar-refractivity contribution >= 4 is 12.6 Å². The minimum Gasteiger partial charge on any atom is -0.179 e.